The number of nitrogens with zero attached hydrogens (tertiary/aromatic N) is 4. The van der Waals surface area contributed by atoms with E-state index in [9.17, 15) is 4.79 Å². The third-order valence-corrected chi connectivity index (χ3v) is 3.82. The first-order valence-electron chi connectivity index (χ1n) is 7.28. The first kappa shape index (κ1) is 16.2. The molecular formula is C17H16BrN5O. The lowest BCUT2D eigenvalue weighted by atomic mass is 10.2. The van der Waals surface area contributed by atoms with Gasteiger partial charge in [-0.1, -0.05) is 0 Å². The summed E-state index contributed by atoms with van der Waals surface area (Å²) in [5, 5.41) is 7.05. The van der Waals surface area contributed by atoms with Crippen LogP contribution in [0.2, 0.25) is 0 Å². The molecule has 0 aliphatic rings. The van der Waals surface area contributed by atoms with Crippen LogP contribution in [-0.4, -0.2) is 34.8 Å². The average Bonchev–Trinajstić information content (AvgIpc) is 3.02. The molecule has 1 amide bonds. The number of aromatic nitrogens is 3. The summed E-state index contributed by atoms with van der Waals surface area (Å²) in [6.45, 7) is 0. The number of nitrogens with one attached hydrogen (secondary N) is 1. The van der Waals surface area contributed by atoms with Crippen molar-refractivity contribution >= 4 is 33.3 Å². The maximum absolute atomic E-state index is 12.3. The Labute approximate surface area is 148 Å². The number of carbonyl (C=O) groups is 1. The first-order valence-corrected chi connectivity index (χ1v) is 8.07. The molecule has 1 aromatic carbocycles. The molecule has 24 heavy (non-hydrogen) atoms. The van der Waals surface area contributed by atoms with Crippen molar-refractivity contribution in [2.24, 2.45) is 0 Å². The van der Waals surface area contributed by atoms with Crippen molar-refractivity contribution in [2.75, 3.05) is 24.3 Å². The van der Waals surface area contributed by atoms with Gasteiger partial charge in [0.05, 0.1) is 28.2 Å². The summed E-state index contributed by atoms with van der Waals surface area (Å²) in [7, 11) is 3.83. The van der Waals surface area contributed by atoms with Crippen LogP contribution in [0.1, 0.15) is 10.4 Å². The average molecular weight is 386 g/mol. The molecule has 7 heteroatoms. The lowest BCUT2D eigenvalue weighted by Crippen LogP contribution is -2.13. The van der Waals surface area contributed by atoms with Gasteiger partial charge in [-0.3, -0.25) is 4.79 Å². The Kier molecular flexibility index (Phi) is 4.61. The third-order valence-electron chi connectivity index (χ3n) is 3.41. The Bertz CT molecular complexity index is 840. The van der Waals surface area contributed by atoms with E-state index >= 15 is 0 Å². The van der Waals surface area contributed by atoms with Crippen LogP contribution in [0.3, 0.4) is 0 Å². The van der Waals surface area contributed by atoms with Crippen molar-refractivity contribution in [1.29, 1.82) is 0 Å². The molecule has 0 fully saturated rings. The van der Waals surface area contributed by atoms with Crippen LogP contribution in [-0.2, 0) is 0 Å². The molecule has 0 unspecified atom stereocenters. The topological polar surface area (TPSA) is 63.1 Å². The standard InChI is InChI=1S/C17H16BrN5O/c1-22(2)16-8-5-14(10-19-16)21-17(24)12-3-6-15(7-4-12)23-11-13(18)9-20-23/h3-11H,1-2H3,(H,21,24). The van der Waals surface area contributed by atoms with Crippen LogP contribution in [0.15, 0.2) is 59.5 Å². The number of rotatable bonds is 4. The third kappa shape index (κ3) is 3.62. The van der Waals surface area contributed by atoms with Gasteiger partial charge in [-0.05, 0) is 52.3 Å². The van der Waals surface area contributed by atoms with Crippen molar-refractivity contribution in [3.63, 3.8) is 0 Å². The Balaban J connectivity index is 1.71. The lowest BCUT2D eigenvalue weighted by molar-refractivity contribution is 0.102. The Hall–Kier alpha value is -2.67. The molecule has 0 bridgehead atoms. The van der Waals surface area contributed by atoms with E-state index in [1.165, 1.54) is 0 Å². The molecule has 1 N–H and O–H groups in total. The second-order valence-corrected chi connectivity index (χ2v) is 6.32. The normalized spacial score (nSPS) is 10.5. The van der Waals surface area contributed by atoms with Crippen LogP contribution >= 0.6 is 15.9 Å². The van der Waals surface area contributed by atoms with Gasteiger partial charge in [-0.2, -0.15) is 5.10 Å². The molecule has 2 heterocycles. The van der Waals surface area contributed by atoms with E-state index < -0.39 is 0 Å². The van der Waals surface area contributed by atoms with E-state index in [0.717, 1.165) is 16.0 Å². The number of hydrogen-bond acceptors (Lipinski definition) is 4. The molecule has 2 aromatic heterocycles. The molecule has 0 aliphatic heterocycles. The van der Waals surface area contributed by atoms with E-state index in [1.807, 2.05) is 49.5 Å². The molecule has 0 saturated heterocycles. The summed E-state index contributed by atoms with van der Waals surface area (Å²) >= 11 is 3.36. The van der Waals surface area contributed by atoms with Crippen molar-refractivity contribution in [3.05, 3.63) is 65.0 Å². The number of benzene rings is 1. The van der Waals surface area contributed by atoms with Crippen molar-refractivity contribution < 1.29 is 4.79 Å². The summed E-state index contributed by atoms with van der Waals surface area (Å²) in [6.07, 6.45) is 5.21. The van der Waals surface area contributed by atoms with Crippen molar-refractivity contribution in [2.45, 2.75) is 0 Å². The number of hydrogen-bond donors (Lipinski definition) is 1. The van der Waals surface area contributed by atoms with E-state index in [-0.39, 0.29) is 5.91 Å². The SMILES string of the molecule is CN(C)c1ccc(NC(=O)c2ccc(-n3cc(Br)cn3)cc2)cn1. The van der Waals surface area contributed by atoms with Crippen LogP contribution in [0, 0.1) is 0 Å². The first-order chi connectivity index (χ1) is 11.5. The van der Waals surface area contributed by atoms with E-state index in [0.29, 0.717) is 11.3 Å². The van der Waals surface area contributed by atoms with Gasteiger partial charge < -0.3 is 10.2 Å². The Morgan fingerprint density at radius 1 is 1.12 bits per heavy atom. The highest BCUT2D eigenvalue weighted by Gasteiger charge is 2.08. The van der Waals surface area contributed by atoms with Crippen LogP contribution in [0.4, 0.5) is 11.5 Å². The van der Waals surface area contributed by atoms with E-state index in [2.05, 4.69) is 31.3 Å². The molecular weight excluding hydrogens is 370 g/mol. The zero-order chi connectivity index (χ0) is 17.1. The summed E-state index contributed by atoms with van der Waals surface area (Å²) < 4.78 is 2.63. The second-order valence-electron chi connectivity index (χ2n) is 5.40. The molecule has 3 aromatic rings. The van der Waals surface area contributed by atoms with Crippen LogP contribution in [0.25, 0.3) is 5.69 Å². The zero-order valence-corrected chi connectivity index (χ0v) is 14.9. The molecule has 3 rings (SSSR count). The molecule has 0 saturated carbocycles. The van der Waals surface area contributed by atoms with Gasteiger partial charge in [0.2, 0.25) is 0 Å². The molecule has 0 spiro atoms. The lowest BCUT2D eigenvalue weighted by Gasteiger charge is -2.11. The van der Waals surface area contributed by atoms with Crippen molar-refractivity contribution in [3.8, 4) is 5.69 Å². The minimum atomic E-state index is -0.178. The summed E-state index contributed by atoms with van der Waals surface area (Å²) in [5.41, 5.74) is 2.11. The van der Waals surface area contributed by atoms with Gasteiger partial charge >= 0.3 is 0 Å². The Morgan fingerprint density at radius 3 is 2.42 bits per heavy atom. The number of halogens is 1. The molecule has 0 radical (unpaired) electrons. The molecule has 0 aliphatic carbocycles. The number of pyridine rings is 1. The van der Waals surface area contributed by atoms with E-state index in [4.69, 9.17) is 0 Å². The molecule has 0 atom stereocenters. The molecule has 6 nitrogen and oxygen atoms in total. The van der Waals surface area contributed by atoms with Gasteiger partial charge in [0.25, 0.3) is 5.91 Å². The fourth-order valence-corrected chi connectivity index (χ4v) is 2.42. The van der Waals surface area contributed by atoms with Crippen molar-refractivity contribution in [1.82, 2.24) is 14.8 Å². The molecule has 122 valence electrons. The Morgan fingerprint density at radius 2 is 1.88 bits per heavy atom. The summed E-state index contributed by atoms with van der Waals surface area (Å²) in [4.78, 5) is 18.5. The predicted octanol–water partition coefficient (Wildman–Crippen LogP) is 3.35. The highest BCUT2D eigenvalue weighted by atomic mass is 79.9. The highest BCUT2D eigenvalue weighted by Crippen LogP contribution is 2.15. The fraction of sp³-hybridized carbons (Fsp3) is 0.118. The van der Waals surface area contributed by atoms with Gasteiger partial charge in [-0.15, -0.1) is 0 Å². The maximum Gasteiger partial charge on any atom is 0.255 e. The van der Waals surface area contributed by atoms with Crippen LogP contribution in [0.5, 0.6) is 0 Å². The summed E-state index contributed by atoms with van der Waals surface area (Å²) in [6, 6.07) is 10.9. The number of carbonyl (C=O) groups excluding carboxylic acids is 1. The highest BCUT2D eigenvalue weighted by molar-refractivity contribution is 9.10. The monoisotopic (exact) mass is 385 g/mol. The van der Waals surface area contributed by atoms with Crippen LogP contribution < -0.4 is 10.2 Å². The fourth-order valence-electron chi connectivity index (χ4n) is 2.14. The zero-order valence-electron chi connectivity index (χ0n) is 13.3. The minimum absolute atomic E-state index is 0.178. The smallest absolute Gasteiger partial charge is 0.255 e. The van der Waals surface area contributed by atoms with Gasteiger partial charge in [-0.25, -0.2) is 9.67 Å². The minimum Gasteiger partial charge on any atom is -0.363 e. The van der Waals surface area contributed by atoms with Gasteiger partial charge in [0.15, 0.2) is 0 Å². The quantitative estimate of drug-likeness (QED) is 0.747. The maximum atomic E-state index is 12.3. The largest absolute Gasteiger partial charge is 0.363 e. The predicted molar refractivity (Wildman–Crippen MR) is 97.8 cm³/mol. The summed E-state index contributed by atoms with van der Waals surface area (Å²) in [5.74, 6) is 0.658. The van der Waals surface area contributed by atoms with Gasteiger partial charge in [0, 0.05) is 25.9 Å². The second kappa shape index (κ2) is 6.84. The van der Waals surface area contributed by atoms with Gasteiger partial charge in [0.1, 0.15) is 5.82 Å². The van der Waals surface area contributed by atoms with E-state index in [1.54, 1.807) is 29.2 Å². The number of anilines is 2. The number of amides is 1.